The number of nitrogens with one attached hydrogen (secondary N) is 2. The monoisotopic (exact) mass is 611 g/mol. The van der Waals surface area contributed by atoms with Crippen LogP contribution in [0.4, 0.5) is 16.3 Å². The van der Waals surface area contributed by atoms with Gasteiger partial charge in [-0.3, -0.25) is 9.52 Å². The zero-order chi connectivity index (χ0) is 31.1. The van der Waals surface area contributed by atoms with Crippen LogP contribution in [0.25, 0.3) is 5.65 Å². The summed E-state index contributed by atoms with van der Waals surface area (Å²) in [4.78, 5) is 35.1. The van der Waals surface area contributed by atoms with E-state index in [1.165, 1.54) is 0 Å². The van der Waals surface area contributed by atoms with Gasteiger partial charge < -0.3 is 19.9 Å². The molecular formula is C30H41N7O5S. The third kappa shape index (κ3) is 7.20. The van der Waals surface area contributed by atoms with E-state index in [0.717, 1.165) is 61.1 Å². The fraction of sp³-hybridized carbons (Fsp3) is 0.533. The molecule has 2 N–H and O–H groups in total. The molecule has 2 aromatic heterocycles. The van der Waals surface area contributed by atoms with Gasteiger partial charge in [0.2, 0.25) is 10.0 Å². The maximum Gasteiger partial charge on any atom is 0.407 e. The number of piperidine rings is 1. The van der Waals surface area contributed by atoms with Gasteiger partial charge in [0.1, 0.15) is 11.4 Å². The molecule has 2 fully saturated rings. The van der Waals surface area contributed by atoms with Gasteiger partial charge in [-0.25, -0.2) is 22.7 Å². The van der Waals surface area contributed by atoms with Crippen molar-refractivity contribution in [3.63, 3.8) is 0 Å². The minimum atomic E-state index is -3.57. The minimum absolute atomic E-state index is 0.0433. The van der Waals surface area contributed by atoms with E-state index in [2.05, 4.69) is 14.9 Å². The molecule has 2 atom stereocenters. The van der Waals surface area contributed by atoms with Crippen LogP contribution in [0.5, 0.6) is 0 Å². The van der Waals surface area contributed by atoms with Crippen LogP contribution in [0.15, 0.2) is 30.5 Å². The number of benzene rings is 1. The molecule has 0 radical (unpaired) electrons. The van der Waals surface area contributed by atoms with Crippen LogP contribution in [0.1, 0.15) is 79.7 Å². The summed E-state index contributed by atoms with van der Waals surface area (Å²) < 4.78 is 33.7. The van der Waals surface area contributed by atoms with Crippen LogP contribution in [0.3, 0.4) is 0 Å². The number of carbonyl (C=O) groups excluding carboxylic acids is 2. The number of anilines is 2. The predicted molar refractivity (Wildman–Crippen MR) is 165 cm³/mol. The number of nitrogens with zero attached hydrogens (tertiary/aromatic N) is 5. The molecule has 1 unspecified atom stereocenters. The van der Waals surface area contributed by atoms with Crippen molar-refractivity contribution in [3.8, 4) is 0 Å². The first-order valence-electron chi connectivity index (χ1n) is 14.7. The fourth-order valence-electron chi connectivity index (χ4n) is 5.81. The van der Waals surface area contributed by atoms with Gasteiger partial charge in [-0.05, 0) is 72.4 Å². The predicted octanol–water partition coefficient (Wildman–Crippen LogP) is 4.19. The van der Waals surface area contributed by atoms with Gasteiger partial charge in [0.05, 0.1) is 35.3 Å². The second-order valence-electron chi connectivity index (χ2n) is 12.6. The molecule has 3 aromatic rings. The van der Waals surface area contributed by atoms with Crippen molar-refractivity contribution in [2.24, 2.45) is 0 Å². The molecule has 1 aromatic carbocycles. The number of fused-ring (bicyclic) bond motifs is 1. The largest absolute Gasteiger partial charge is 0.444 e. The third-order valence-corrected chi connectivity index (χ3v) is 8.23. The zero-order valence-corrected chi connectivity index (χ0v) is 26.5. The van der Waals surface area contributed by atoms with Crippen molar-refractivity contribution < 1.29 is 22.7 Å². The number of carbonyl (C=O) groups is 2. The summed E-state index contributed by atoms with van der Waals surface area (Å²) in [5.74, 6) is 0.599. The number of ether oxygens (including phenoxy) is 1. The highest BCUT2D eigenvalue weighted by Gasteiger charge is 2.33. The summed E-state index contributed by atoms with van der Waals surface area (Å²) in [7, 11) is -3.57. The highest BCUT2D eigenvalue weighted by atomic mass is 32.2. The number of aromatic nitrogens is 3. The Labute approximate surface area is 252 Å². The minimum Gasteiger partial charge on any atom is -0.444 e. The number of rotatable bonds is 6. The summed E-state index contributed by atoms with van der Waals surface area (Å²) in [5.41, 5.74) is 3.26. The first-order chi connectivity index (χ1) is 20.2. The number of hydrogen-bond acceptors (Lipinski definition) is 8. The van der Waals surface area contributed by atoms with Crippen LogP contribution in [-0.4, -0.2) is 77.4 Å². The van der Waals surface area contributed by atoms with E-state index in [-0.39, 0.29) is 23.7 Å². The van der Waals surface area contributed by atoms with Crippen molar-refractivity contribution in [3.05, 3.63) is 52.8 Å². The van der Waals surface area contributed by atoms with Gasteiger partial charge in [-0.15, -0.1) is 0 Å². The number of sulfonamides is 1. The summed E-state index contributed by atoms with van der Waals surface area (Å²) in [6, 6.07) is 6.75. The molecule has 0 aliphatic carbocycles. The summed E-state index contributed by atoms with van der Waals surface area (Å²) in [6.07, 6.45) is 5.92. The standard InChI is InChI=1S/C30H41N7O5S/c1-19-10-11-23(34-43(6,40)41)22(15-19)28(38)36-13-8-7-9-25(36)24-16-26-32-27(20(2)17-37(26)33-24)35-14-12-21(18-35)31-29(39)42-30(3,4)5/h10-11,15-17,21,25,34H,7-9,12-14,18H2,1-6H3,(H,31,39)/t21?,25-/m0/s1. The summed E-state index contributed by atoms with van der Waals surface area (Å²) in [6.45, 7) is 11.3. The number of alkyl carbamates (subject to hydrolysis) is 1. The molecule has 4 heterocycles. The number of likely N-dealkylation sites (tertiary alicyclic amines) is 1. The van der Waals surface area contributed by atoms with E-state index in [9.17, 15) is 18.0 Å². The van der Waals surface area contributed by atoms with Crippen molar-refractivity contribution in [1.29, 1.82) is 0 Å². The van der Waals surface area contributed by atoms with E-state index in [1.54, 1.807) is 27.6 Å². The fourth-order valence-corrected chi connectivity index (χ4v) is 6.38. The number of aryl methyl sites for hydroxylation is 2. The molecule has 2 aliphatic heterocycles. The second kappa shape index (κ2) is 11.7. The molecule has 2 amide bonds. The molecule has 43 heavy (non-hydrogen) atoms. The third-order valence-electron chi connectivity index (χ3n) is 7.64. The average Bonchev–Trinajstić information content (AvgIpc) is 3.53. The van der Waals surface area contributed by atoms with E-state index in [0.29, 0.717) is 24.3 Å². The maximum atomic E-state index is 13.9. The Morgan fingerprint density at radius 1 is 1.07 bits per heavy atom. The van der Waals surface area contributed by atoms with Crippen molar-refractivity contribution in [2.75, 3.05) is 35.5 Å². The SMILES string of the molecule is Cc1ccc(NS(C)(=O)=O)c(C(=O)N2CCCC[C@H]2c2cc3nc(N4CCC(NC(=O)OC(C)(C)C)C4)c(C)cn3n2)c1. The van der Waals surface area contributed by atoms with E-state index >= 15 is 0 Å². The van der Waals surface area contributed by atoms with Crippen LogP contribution < -0.4 is 14.9 Å². The van der Waals surface area contributed by atoms with Gasteiger partial charge in [0, 0.05) is 37.5 Å². The lowest BCUT2D eigenvalue weighted by Gasteiger charge is -2.35. The molecule has 13 heteroatoms. The van der Waals surface area contributed by atoms with Gasteiger partial charge in [-0.1, -0.05) is 11.6 Å². The molecule has 0 saturated carbocycles. The van der Waals surface area contributed by atoms with Crippen LogP contribution in [0, 0.1) is 13.8 Å². The van der Waals surface area contributed by atoms with Crippen molar-refractivity contribution in [1.82, 2.24) is 24.8 Å². The lowest BCUT2D eigenvalue weighted by Crippen LogP contribution is -2.40. The second-order valence-corrected chi connectivity index (χ2v) is 14.4. The van der Waals surface area contributed by atoms with Crippen LogP contribution in [0.2, 0.25) is 0 Å². The highest BCUT2D eigenvalue weighted by molar-refractivity contribution is 7.92. The first kappa shape index (κ1) is 30.6. The van der Waals surface area contributed by atoms with E-state index in [4.69, 9.17) is 14.8 Å². The molecule has 12 nitrogen and oxygen atoms in total. The molecular weight excluding hydrogens is 570 g/mol. The van der Waals surface area contributed by atoms with Crippen molar-refractivity contribution >= 4 is 39.2 Å². The average molecular weight is 612 g/mol. The number of hydrogen-bond donors (Lipinski definition) is 2. The lowest BCUT2D eigenvalue weighted by atomic mass is 9.97. The topological polar surface area (TPSA) is 138 Å². The highest BCUT2D eigenvalue weighted by Crippen LogP contribution is 2.34. The van der Waals surface area contributed by atoms with Crippen molar-refractivity contribution in [2.45, 2.75) is 78.0 Å². The smallest absolute Gasteiger partial charge is 0.407 e. The Morgan fingerprint density at radius 2 is 1.84 bits per heavy atom. The Morgan fingerprint density at radius 3 is 2.56 bits per heavy atom. The summed E-state index contributed by atoms with van der Waals surface area (Å²) in [5, 5.41) is 7.80. The van der Waals surface area contributed by atoms with E-state index in [1.807, 2.05) is 46.9 Å². The quantitative estimate of drug-likeness (QED) is 0.423. The normalized spacial score (nSPS) is 19.5. The Hall–Kier alpha value is -3.87. The molecule has 2 saturated heterocycles. The lowest BCUT2D eigenvalue weighted by molar-refractivity contribution is 0.0508. The van der Waals surface area contributed by atoms with Gasteiger partial charge in [0.25, 0.3) is 5.91 Å². The molecule has 232 valence electrons. The van der Waals surface area contributed by atoms with E-state index < -0.39 is 21.7 Å². The first-order valence-corrected chi connectivity index (χ1v) is 16.6. The molecule has 0 bridgehead atoms. The molecule has 0 spiro atoms. The van der Waals surface area contributed by atoms with Crippen LogP contribution in [-0.2, 0) is 14.8 Å². The van der Waals surface area contributed by atoms with Crippen LogP contribution >= 0.6 is 0 Å². The maximum absolute atomic E-state index is 13.9. The van der Waals surface area contributed by atoms with Gasteiger partial charge in [0.15, 0.2) is 5.65 Å². The Balaban J connectivity index is 1.38. The zero-order valence-electron chi connectivity index (χ0n) is 25.7. The Bertz CT molecular complexity index is 1650. The van der Waals surface area contributed by atoms with Gasteiger partial charge in [-0.2, -0.15) is 5.10 Å². The van der Waals surface area contributed by atoms with Gasteiger partial charge >= 0.3 is 6.09 Å². The molecule has 2 aliphatic rings. The summed E-state index contributed by atoms with van der Waals surface area (Å²) >= 11 is 0. The Kier molecular flexibility index (Phi) is 8.30. The number of amides is 2. The molecule has 5 rings (SSSR count).